The van der Waals surface area contributed by atoms with Gasteiger partial charge in [0.2, 0.25) is 0 Å². The van der Waals surface area contributed by atoms with Crippen molar-refractivity contribution in [3.63, 3.8) is 0 Å². The second kappa shape index (κ2) is 7.71. The molecule has 1 N–H and O–H groups in total. The van der Waals surface area contributed by atoms with Crippen molar-refractivity contribution in [3.05, 3.63) is 56.5 Å². The maximum atomic E-state index is 6.04. The van der Waals surface area contributed by atoms with Crippen molar-refractivity contribution in [3.8, 4) is 0 Å². The molecule has 0 spiro atoms. The summed E-state index contributed by atoms with van der Waals surface area (Å²) in [5, 5.41) is 4.47. The quantitative estimate of drug-likeness (QED) is 0.670. The van der Waals surface area contributed by atoms with Crippen LogP contribution in [0.3, 0.4) is 0 Å². The first kappa shape index (κ1) is 16.2. The van der Waals surface area contributed by atoms with Crippen molar-refractivity contribution in [1.29, 1.82) is 0 Å². The van der Waals surface area contributed by atoms with Crippen molar-refractivity contribution in [2.75, 3.05) is 6.54 Å². The fourth-order valence-corrected chi connectivity index (χ4v) is 3.56. The van der Waals surface area contributed by atoms with Gasteiger partial charge in [0, 0.05) is 20.8 Å². The number of nitrogens with one attached hydrogen (secondary N) is 1. The molecule has 0 atom stereocenters. The molecule has 106 valence electrons. The average molecular weight is 391 g/mol. The van der Waals surface area contributed by atoms with E-state index in [2.05, 4.69) is 46.4 Å². The average Bonchev–Trinajstić information content (AvgIpc) is 2.43. The van der Waals surface area contributed by atoms with Gasteiger partial charge in [-0.25, -0.2) is 0 Å². The van der Waals surface area contributed by atoms with Crippen molar-refractivity contribution in [2.24, 2.45) is 0 Å². The van der Waals surface area contributed by atoms with E-state index in [1.54, 1.807) is 11.8 Å². The topological polar surface area (TPSA) is 12.0 Å². The predicted octanol–water partition coefficient (Wildman–Crippen LogP) is 6.02. The van der Waals surface area contributed by atoms with Crippen LogP contribution in [-0.2, 0) is 6.54 Å². The lowest BCUT2D eigenvalue weighted by molar-refractivity contribution is 0.726. The van der Waals surface area contributed by atoms with Gasteiger partial charge in [0.25, 0.3) is 0 Å². The third-order valence-electron chi connectivity index (χ3n) is 2.69. The highest BCUT2D eigenvalue weighted by Crippen LogP contribution is 2.36. The maximum Gasteiger partial charge on any atom is 0.0603 e. The van der Waals surface area contributed by atoms with Gasteiger partial charge in [-0.2, -0.15) is 0 Å². The van der Waals surface area contributed by atoms with E-state index >= 15 is 0 Å². The zero-order valence-corrected chi connectivity index (χ0v) is 14.8. The second-order valence-corrected chi connectivity index (χ2v) is 7.01. The van der Waals surface area contributed by atoms with E-state index in [9.17, 15) is 0 Å². The molecule has 0 heterocycles. The van der Waals surface area contributed by atoms with E-state index in [1.807, 2.05) is 18.2 Å². The summed E-state index contributed by atoms with van der Waals surface area (Å²) in [5.41, 5.74) is 1.26. The Labute approximate surface area is 142 Å². The Kier molecular flexibility index (Phi) is 6.24. The number of halogens is 3. The molecule has 2 rings (SSSR count). The fourth-order valence-electron chi connectivity index (χ4n) is 1.67. The Bertz CT molecular complexity index is 604. The van der Waals surface area contributed by atoms with E-state index in [0.717, 1.165) is 27.4 Å². The molecule has 0 unspecified atom stereocenters. The maximum absolute atomic E-state index is 6.04. The SMILES string of the molecule is CCNCc1ccc(Sc2ccc(Cl)c(Cl)c2)c(Br)c1. The largest absolute Gasteiger partial charge is 0.313 e. The molecule has 0 saturated heterocycles. The van der Waals surface area contributed by atoms with Gasteiger partial charge in [-0.05, 0) is 58.4 Å². The van der Waals surface area contributed by atoms with Gasteiger partial charge >= 0.3 is 0 Å². The van der Waals surface area contributed by atoms with E-state index < -0.39 is 0 Å². The van der Waals surface area contributed by atoms with Crippen LogP contribution in [0.4, 0.5) is 0 Å². The molecule has 0 radical (unpaired) electrons. The Morgan fingerprint density at radius 1 is 1.10 bits per heavy atom. The van der Waals surface area contributed by atoms with Crippen molar-refractivity contribution in [1.82, 2.24) is 5.32 Å². The van der Waals surface area contributed by atoms with Crippen LogP contribution >= 0.6 is 50.9 Å². The summed E-state index contributed by atoms with van der Waals surface area (Å²) < 4.78 is 1.09. The molecule has 2 aromatic rings. The molecule has 0 aromatic heterocycles. The molecular formula is C15H14BrCl2NS. The van der Waals surface area contributed by atoms with Crippen LogP contribution in [0.5, 0.6) is 0 Å². The summed E-state index contributed by atoms with van der Waals surface area (Å²) in [6, 6.07) is 12.1. The molecule has 20 heavy (non-hydrogen) atoms. The van der Waals surface area contributed by atoms with E-state index in [4.69, 9.17) is 23.2 Å². The van der Waals surface area contributed by atoms with Gasteiger partial charge in [-0.3, -0.25) is 0 Å². The van der Waals surface area contributed by atoms with E-state index in [-0.39, 0.29) is 0 Å². The number of benzene rings is 2. The summed E-state index contributed by atoms with van der Waals surface area (Å²) in [4.78, 5) is 2.23. The molecule has 0 aliphatic carbocycles. The molecule has 0 bridgehead atoms. The van der Waals surface area contributed by atoms with Crippen LogP contribution in [0.2, 0.25) is 10.0 Å². The molecule has 1 nitrogen and oxygen atoms in total. The minimum Gasteiger partial charge on any atom is -0.313 e. The Morgan fingerprint density at radius 2 is 1.90 bits per heavy atom. The Balaban J connectivity index is 2.14. The van der Waals surface area contributed by atoms with Crippen LogP contribution in [0.15, 0.2) is 50.7 Å². The van der Waals surface area contributed by atoms with Gasteiger partial charge in [-0.15, -0.1) is 0 Å². The Morgan fingerprint density at radius 3 is 2.55 bits per heavy atom. The number of hydrogen-bond donors (Lipinski definition) is 1. The highest BCUT2D eigenvalue weighted by Gasteiger charge is 2.06. The van der Waals surface area contributed by atoms with Gasteiger partial charge in [0.05, 0.1) is 10.0 Å². The summed E-state index contributed by atoms with van der Waals surface area (Å²) in [6.45, 7) is 3.95. The van der Waals surface area contributed by atoms with Crippen LogP contribution in [-0.4, -0.2) is 6.54 Å². The van der Waals surface area contributed by atoms with Gasteiger partial charge in [-0.1, -0.05) is 48.0 Å². The molecular weight excluding hydrogens is 377 g/mol. The normalized spacial score (nSPS) is 10.8. The van der Waals surface area contributed by atoms with Crippen molar-refractivity contribution >= 4 is 50.9 Å². The van der Waals surface area contributed by atoms with Crippen molar-refractivity contribution in [2.45, 2.75) is 23.3 Å². The first-order valence-corrected chi connectivity index (χ1v) is 8.58. The minimum atomic E-state index is 0.580. The van der Waals surface area contributed by atoms with E-state index in [0.29, 0.717) is 10.0 Å². The second-order valence-electron chi connectivity index (χ2n) is 4.22. The van der Waals surface area contributed by atoms with Crippen LogP contribution in [0.1, 0.15) is 12.5 Å². The molecule has 0 saturated carbocycles. The lowest BCUT2D eigenvalue weighted by Gasteiger charge is -2.08. The highest BCUT2D eigenvalue weighted by molar-refractivity contribution is 9.10. The number of rotatable bonds is 5. The monoisotopic (exact) mass is 389 g/mol. The first-order chi connectivity index (χ1) is 9.60. The molecule has 0 fully saturated rings. The predicted molar refractivity (Wildman–Crippen MR) is 92.1 cm³/mol. The molecule has 0 aliphatic rings. The van der Waals surface area contributed by atoms with Gasteiger partial charge in [0.15, 0.2) is 0 Å². The minimum absolute atomic E-state index is 0.580. The third kappa shape index (κ3) is 4.40. The lowest BCUT2D eigenvalue weighted by Crippen LogP contribution is -2.11. The van der Waals surface area contributed by atoms with E-state index in [1.165, 1.54) is 5.56 Å². The van der Waals surface area contributed by atoms with Gasteiger partial charge < -0.3 is 5.32 Å². The standard InChI is InChI=1S/C15H14BrCl2NS/c1-2-19-9-10-3-6-15(12(16)7-10)20-11-4-5-13(17)14(18)8-11/h3-8,19H,2,9H2,1H3. The molecule has 0 amide bonds. The smallest absolute Gasteiger partial charge is 0.0603 e. The van der Waals surface area contributed by atoms with Gasteiger partial charge in [0.1, 0.15) is 0 Å². The molecule has 5 heteroatoms. The summed E-state index contributed by atoms with van der Waals surface area (Å²) in [7, 11) is 0. The van der Waals surface area contributed by atoms with Crippen LogP contribution in [0.25, 0.3) is 0 Å². The zero-order chi connectivity index (χ0) is 14.5. The molecule has 2 aromatic carbocycles. The molecule has 0 aliphatic heterocycles. The lowest BCUT2D eigenvalue weighted by atomic mass is 10.2. The summed E-state index contributed by atoms with van der Waals surface area (Å²) in [5.74, 6) is 0. The fraction of sp³-hybridized carbons (Fsp3) is 0.200. The van der Waals surface area contributed by atoms with Crippen molar-refractivity contribution < 1.29 is 0 Å². The van der Waals surface area contributed by atoms with Crippen LogP contribution < -0.4 is 5.32 Å². The summed E-state index contributed by atoms with van der Waals surface area (Å²) >= 11 is 17.2. The first-order valence-electron chi connectivity index (χ1n) is 6.22. The summed E-state index contributed by atoms with van der Waals surface area (Å²) in [6.07, 6.45) is 0. The highest BCUT2D eigenvalue weighted by atomic mass is 79.9. The van der Waals surface area contributed by atoms with Crippen LogP contribution in [0, 0.1) is 0 Å². The number of hydrogen-bond acceptors (Lipinski definition) is 2. The Hall–Kier alpha value is -0.190. The third-order valence-corrected chi connectivity index (χ3v) is 5.42. The zero-order valence-electron chi connectivity index (χ0n) is 10.9.